The Morgan fingerprint density at radius 3 is 1.45 bits per heavy atom. The number of rotatable bonds is 4. The Labute approximate surface area is 105 Å². The first-order chi connectivity index (χ1) is 8.42. The summed E-state index contributed by atoms with van der Waals surface area (Å²) in [6.45, 7) is 0.230. The van der Waals surface area contributed by atoms with E-state index in [1.807, 2.05) is 0 Å². The molecule has 0 rings (SSSR count). The van der Waals surface area contributed by atoms with Crippen LogP contribution in [0.3, 0.4) is 0 Å². The fraction of sp³-hybridized carbons (Fsp3) is 0.833. The number of halogens is 9. The van der Waals surface area contributed by atoms with Crippen LogP contribution in [-0.4, -0.2) is 37.6 Å². The van der Waals surface area contributed by atoms with Crippen LogP contribution in [0.15, 0.2) is 0 Å². The van der Waals surface area contributed by atoms with E-state index in [0.717, 1.165) is 0 Å². The molecular weight excluding hydrogens is 337 g/mol. The summed E-state index contributed by atoms with van der Waals surface area (Å²) >= 11 is 0. The summed E-state index contributed by atoms with van der Waals surface area (Å²) in [7, 11) is -6.82. The molecule has 20 heavy (non-hydrogen) atoms. The van der Waals surface area contributed by atoms with Crippen LogP contribution >= 0.6 is 0 Å². The predicted molar refractivity (Wildman–Crippen MR) is 43.6 cm³/mol. The predicted octanol–water partition coefficient (Wildman–Crippen LogP) is 1.88. The standard InChI is InChI=1S/C6H4F9NO3S/c1-2(17)16-20(18,19)6(14,15)4(9,10)3(7,8)5(11,12)13/h1H3,(H,16,17). The van der Waals surface area contributed by atoms with E-state index in [-0.39, 0.29) is 11.6 Å². The maximum atomic E-state index is 12.8. The third-order valence-electron chi connectivity index (χ3n) is 1.73. The van der Waals surface area contributed by atoms with Crippen LogP contribution in [0.1, 0.15) is 6.92 Å². The van der Waals surface area contributed by atoms with Gasteiger partial charge in [-0.15, -0.1) is 0 Å². The second-order valence-corrected chi connectivity index (χ2v) is 5.05. The van der Waals surface area contributed by atoms with Crippen molar-refractivity contribution in [2.24, 2.45) is 0 Å². The summed E-state index contributed by atoms with van der Waals surface area (Å²) in [5.41, 5.74) is 0. The van der Waals surface area contributed by atoms with Gasteiger partial charge in [-0.25, -0.2) is 4.72 Å². The van der Waals surface area contributed by atoms with Crippen LogP contribution in [0.25, 0.3) is 0 Å². The quantitative estimate of drug-likeness (QED) is 0.794. The lowest BCUT2D eigenvalue weighted by atomic mass is 10.1. The van der Waals surface area contributed by atoms with E-state index in [9.17, 15) is 52.7 Å². The maximum absolute atomic E-state index is 12.8. The maximum Gasteiger partial charge on any atom is 0.460 e. The summed E-state index contributed by atoms with van der Waals surface area (Å²) in [6, 6.07) is 0. The molecule has 120 valence electrons. The molecule has 0 aliphatic rings. The van der Waals surface area contributed by atoms with E-state index in [1.165, 1.54) is 0 Å². The monoisotopic (exact) mass is 341 g/mol. The minimum atomic E-state index is -7.35. The third kappa shape index (κ3) is 2.64. The van der Waals surface area contributed by atoms with Crippen molar-refractivity contribution in [2.45, 2.75) is 30.2 Å². The highest BCUT2D eigenvalue weighted by Crippen LogP contribution is 2.54. The highest BCUT2D eigenvalue weighted by Gasteiger charge is 2.85. The molecule has 0 saturated carbocycles. The van der Waals surface area contributed by atoms with Crippen molar-refractivity contribution >= 4 is 15.9 Å². The highest BCUT2D eigenvalue weighted by molar-refractivity contribution is 7.91. The summed E-state index contributed by atoms with van der Waals surface area (Å²) in [5.74, 6) is -16.6. The van der Waals surface area contributed by atoms with Gasteiger partial charge in [0, 0.05) is 6.92 Å². The number of hydrogen-bond acceptors (Lipinski definition) is 3. The Balaban J connectivity index is 6.01. The molecule has 0 fully saturated rings. The third-order valence-corrected chi connectivity index (χ3v) is 3.22. The largest absolute Gasteiger partial charge is 0.460 e. The zero-order valence-electron chi connectivity index (χ0n) is 9.03. The first kappa shape index (κ1) is 18.8. The molecule has 1 amide bonds. The van der Waals surface area contributed by atoms with Gasteiger partial charge >= 0.3 is 33.3 Å². The van der Waals surface area contributed by atoms with Crippen molar-refractivity contribution in [3.63, 3.8) is 0 Å². The molecule has 0 aliphatic carbocycles. The molecule has 0 atom stereocenters. The number of nitrogens with one attached hydrogen (secondary N) is 1. The van der Waals surface area contributed by atoms with Crippen LogP contribution in [0.4, 0.5) is 39.5 Å². The normalized spacial score (nSPS) is 15.1. The van der Waals surface area contributed by atoms with Crippen LogP contribution in [0.2, 0.25) is 0 Å². The first-order valence-electron chi connectivity index (χ1n) is 4.15. The van der Waals surface area contributed by atoms with Crippen LogP contribution in [0.5, 0.6) is 0 Å². The Bertz CT molecular complexity index is 494. The van der Waals surface area contributed by atoms with Gasteiger partial charge in [0.05, 0.1) is 0 Å². The van der Waals surface area contributed by atoms with E-state index in [2.05, 4.69) is 0 Å². The average molecular weight is 341 g/mol. The number of hydrogen-bond donors (Lipinski definition) is 1. The molecule has 0 spiro atoms. The molecule has 1 N–H and O–H groups in total. The van der Waals surface area contributed by atoms with E-state index in [0.29, 0.717) is 0 Å². The van der Waals surface area contributed by atoms with Crippen LogP contribution in [-0.2, 0) is 14.8 Å². The summed E-state index contributed by atoms with van der Waals surface area (Å²) in [6.07, 6.45) is -7.15. The van der Waals surface area contributed by atoms with Gasteiger partial charge in [0.2, 0.25) is 5.91 Å². The molecule has 0 unspecified atom stereocenters. The molecule has 0 bridgehead atoms. The Morgan fingerprint density at radius 2 is 1.20 bits per heavy atom. The van der Waals surface area contributed by atoms with Gasteiger partial charge in [-0.3, -0.25) is 4.79 Å². The van der Waals surface area contributed by atoms with Crippen molar-refractivity contribution in [1.82, 2.24) is 4.72 Å². The SMILES string of the molecule is CC(=O)NS(=O)(=O)C(F)(F)C(F)(F)C(F)(F)C(F)(F)F. The molecular formula is C6H4F9NO3S. The van der Waals surface area contributed by atoms with Gasteiger partial charge in [0.1, 0.15) is 0 Å². The average Bonchev–Trinajstić information content (AvgIpc) is 2.12. The Kier molecular flexibility index (Phi) is 4.38. The van der Waals surface area contributed by atoms with Crippen molar-refractivity contribution < 1.29 is 52.7 Å². The number of carbonyl (C=O) groups excluding carboxylic acids is 1. The van der Waals surface area contributed by atoms with E-state index in [4.69, 9.17) is 0 Å². The summed E-state index contributed by atoms with van der Waals surface area (Å²) in [5, 5.41) is -6.90. The summed E-state index contributed by atoms with van der Waals surface area (Å²) < 4.78 is 132. The number of carbonyl (C=O) groups is 1. The second kappa shape index (κ2) is 4.66. The first-order valence-corrected chi connectivity index (χ1v) is 5.63. The molecule has 0 radical (unpaired) electrons. The lowest BCUT2D eigenvalue weighted by molar-refractivity contribution is -0.382. The van der Waals surface area contributed by atoms with Crippen molar-refractivity contribution in [2.75, 3.05) is 0 Å². The van der Waals surface area contributed by atoms with E-state index < -0.39 is 39.2 Å². The molecule has 0 saturated heterocycles. The summed E-state index contributed by atoms with van der Waals surface area (Å²) in [4.78, 5) is 10.2. The highest BCUT2D eigenvalue weighted by atomic mass is 32.2. The molecule has 0 aromatic carbocycles. The smallest absolute Gasteiger partial charge is 0.274 e. The van der Waals surface area contributed by atoms with Crippen LogP contribution < -0.4 is 4.72 Å². The van der Waals surface area contributed by atoms with Crippen molar-refractivity contribution in [3.8, 4) is 0 Å². The number of amides is 1. The van der Waals surface area contributed by atoms with Gasteiger partial charge in [-0.2, -0.15) is 47.9 Å². The van der Waals surface area contributed by atoms with E-state index >= 15 is 0 Å². The Morgan fingerprint density at radius 1 is 0.850 bits per heavy atom. The lowest BCUT2D eigenvalue weighted by Gasteiger charge is -2.32. The molecule has 0 aliphatic heterocycles. The van der Waals surface area contributed by atoms with Gasteiger partial charge in [-0.1, -0.05) is 0 Å². The Hall–Kier alpha value is -1.21. The topological polar surface area (TPSA) is 63.2 Å². The van der Waals surface area contributed by atoms with Gasteiger partial charge in [0.15, 0.2) is 0 Å². The van der Waals surface area contributed by atoms with Crippen LogP contribution in [0, 0.1) is 0 Å². The van der Waals surface area contributed by atoms with Gasteiger partial charge in [0.25, 0.3) is 0 Å². The molecule has 0 aromatic rings. The number of alkyl halides is 9. The van der Waals surface area contributed by atoms with Crippen molar-refractivity contribution in [3.05, 3.63) is 0 Å². The molecule has 14 heteroatoms. The minimum Gasteiger partial charge on any atom is -0.274 e. The molecule has 0 aromatic heterocycles. The van der Waals surface area contributed by atoms with Gasteiger partial charge in [-0.05, 0) is 0 Å². The zero-order chi connectivity index (χ0) is 16.8. The zero-order valence-corrected chi connectivity index (χ0v) is 9.85. The molecule has 4 nitrogen and oxygen atoms in total. The molecule has 0 heterocycles. The number of sulfonamides is 1. The fourth-order valence-electron chi connectivity index (χ4n) is 0.783. The van der Waals surface area contributed by atoms with Gasteiger partial charge < -0.3 is 0 Å². The van der Waals surface area contributed by atoms with Crippen molar-refractivity contribution in [1.29, 1.82) is 0 Å². The minimum absolute atomic E-state index is 0.192. The fourth-order valence-corrected chi connectivity index (χ4v) is 1.76. The second-order valence-electron chi connectivity index (χ2n) is 3.33. The van der Waals surface area contributed by atoms with E-state index in [1.54, 1.807) is 0 Å². The lowest BCUT2D eigenvalue weighted by Crippen LogP contribution is -2.65.